The highest BCUT2D eigenvalue weighted by atomic mass is 19.1. The minimum atomic E-state index is -1.02. The van der Waals surface area contributed by atoms with E-state index in [0.29, 0.717) is 25.8 Å². The Balaban J connectivity index is 1.37. The van der Waals surface area contributed by atoms with E-state index >= 15 is 0 Å². The second-order valence-corrected chi connectivity index (χ2v) is 9.45. The van der Waals surface area contributed by atoms with Crippen molar-refractivity contribution in [2.45, 2.75) is 44.6 Å². The number of carboxylic acids is 1. The molecule has 35 heavy (non-hydrogen) atoms. The lowest BCUT2D eigenvalue weighted by atomic mass is 9.91. The fourth-order valence-electron chi connectivity index (χ4n) is 4.68. The number of hydrogen-bond donors (Lipinski definition) is 1. The van der Waals surface area contributed by atoms with Crippen LogP contribution in [0.15, 0.2) is 72.8 Å². The molecular weight excluding hydrogens is 445 g/mol. The number of aliphatic carboxylic acids is 1. The molecule has 5 nitrogen and oxygen atoms in total. The molecule has 0 saturated heterocycles. The average Bonchev–Trinajstić information content (AvgIpc) is 3.15. The Kier molecular flexibility index (Phi) is 7.49. The second-order valence-electron chi connectivity index (χ2n) is 9.45. The zero-order valence-corrected chi connectivity index (χ0v) is 19.9. The number of amides is 1. The van der Waals surface area contributed by atoms with Crippen LogP contribution in [-0.4, -0.2) is 40.6 Å². The van der Waals surface area contributed by atoms with Crippen molar-refractivity contribution in [3.05, 3.63) is 101 Å². The summed E-state index contributed by atoms with van der Waals surface area (Å²) in [5, 5.41) is 9.30. The molecule has 1 atom stereocenters. The molecular formula is C29H30FNO4. The lowest BCUT2D eigenvalue weighted by Crippen LogP contribution is -2.37. The SMILES string of the molecule is C[C@@]1(Cc2ccc(F)cc2)Cc2cc(CC(=O)N(CCCc3ccccc3)CC(=O)O)ccc2O1. The van der Waals surface area contributed by atoms with Gasteiger partial charge in [-0.3, -0.25) is 9.59 Å². The zero-order chi connectivity index (χ0) is 24.8. The van der Waals surface area contributed by atoms with Crippen molar-refractivity contribution in [3.8, 4) is 5.75 Å². The molecule has 0 fully saturated rings. The molecule has 1 heterocycles. The first-order chi connectivity index (χ1) is 16.8. The van der Waals surface area contributed by atoms with E-state index in [1.165, 1.54) is 17.0 Å². The lowest BCUT2D eigenvalue weighted by molar-refractivity contribution is -0.144. The molecule has 182 valence electrons. The summed E-state index contributed by atoms with van der Waals surface area (Å²) < 4.78 is 19.5. The van der Waals surface area contributed by atoms with Crippen LogP contribution in [0.3, 0.4) is 0 Å². The number of rotatable bonds is 10. The van der Waals surface area contributed by atoms with Gasteiger partial charge in [0.15, 0.2) is 0 Å². The van der Waals surface area contributed by atoms with E-state index in [2.05, 4.69) is 0 Å². The number of aryl methyl sites for hydroxylation is 1. The Morgan fingerprint density at radius 2 is 1.71 bits per heavy atom. The molecule has 1 N–H and O–H groups in total. The Morgan fingerprint density at radius 3 is 2.43 bits per heavy atom. The fraction of sp³-hybridized carbons (Fsp3) is 0.310. The Bertz CT molecular complexity index is 1180. The maximum absolute atomic E-state index is 13.2. The van der Waals surface area contributed by atoms with Crippen molar-refractivity contribution in [1.82, 2.24) is 4.90 Å². The summed E-state index contributed by atoms with van der Waals surface area (Å²) in [6.45, 7) is 2.11. The summed E-state index contributed by atoms with van der Waals surface area (Å²) in [6, 6.07) is 22.1. The van der Waals surface area contributed by atoms with E-state index < -0.39 is 11.6 Å². The number of fused-ring (bicyclic) bond motifs is 1. The quantitative estimate of drug-likeness (QED) is 0.455. The molecule has 0 unspecified atom stereocenters. The molecule has 1 aliphatic heterocycles. The van der Waals surface area contributed by atoms with Gasteiger partial charge in [0.1, 0.15) is 23.7 Å². The van der Waals surface area contributed by atoms with Crippen molar-refractivity contribution in [2.75, 3.05) is 13.1 Å². The molecule has 1 amide bonds. The summed E-state index contributed by atoms with van der Waals surface area (Å²) in [6.07, 6.45) is 2.94. The van der Waals surface area contributed by atoms with Gasteiger partial charge in [0.05, 0.1) is 6.42 Å². The monoisotopic (exact) mass is 475 g/mol. The van der Waals surface area contributed by atoms with Crippen molar-refractivity contribution in [2.24, 2.45) is 0 Å². The summed E-state index contributed by atoms with van der Waals surface area (Å²) in [4.78, 5) is 25.8. The summed E-state index contributed by atoms with van der Waals surface area (Å²) in [5.41, 5.74) is 3.57. The zero-order valence-electron chi connectivity index (χ0n) is 19.9. The number of carbonyl (C=O) groups excluding carboxylic acids is 1. The van der Waals surface area contributed by atoms with E-state index in [-0.39, 0.29) is 24.7 Å². The van der Waals surface area contributed by atoms with Crippen LogP contribution >= 0.6 is 0 Å². The fourth-order valence-corrected chi connectivity index (χ4v) is 4.68. The van der Waals surface area contributed by atoms with Crippen molar-refractivity contribution >= 4 is 11.9 Å². The van der Waals surface area contributed by atoms with Crippen molar-refractivity contribution in [3.63, 3.8) is 0 Å². The average molecular weight is 476 g/mol. The highest BCUT2D eigenvalue weighted by Gasteiger charge is 2.35. The summed E-state index contributed by atoms with van der Waals surface area (Å²) in [7, 11) is 0. The number of carboxylic acid groups (broad SMARTS) is 1. The first-order valence-corrected chi connectivity index (χ1v) is 11.9. The molecule has 0 aliphatic carbocycles. The van der Waals surface area contributed by atoms with Gasteiger partial charge in [0.25, 0.3) is 0 Å². The third kappa shape index (κ3) is 6.69. The molecule has 0 bridgehead atoms. The molecule has 6 heteroatoms. The van der Waals surface area contributed by atoms with Gasteiger partial charge >= 0.3 is 5.97 Å². The molecule has 0 spiro atoms. The van der Waals surface area contributed by atoms with Crippen molar-refractivity contribution in [1.29, 1.82) is 0 Å². The first-order valence-electron chi connectivity index (χ1n) is 11.9. The van der Waals surface area contributed by atoms with Crippen molar-refractivity contribution < 1.29 is 23.8 Å². The molecule has 0 radical (unpaired) electrons. The van der Waals surface area contributed by atoms with Crippen LogP contribution in [0.25, 0.3) is 0 Å². The number of nitrogens with zero attached hydrogens (tertiary/aromatic N) is 1. The minimum absolute atomic E-state index is 0.139. The largest absolute Gasteiger partial charge is 0.487 e. The number of ether oxygens (including phenoxy) is 1. The van der Waals surface area contributed by atoms with Gasteiger partial charge in [0.2, 0.25) is 5.91 Å². The van der Waals surface area contributed by atoms with Crippen LogP contribution in [-0.2, 0) is 35.3 Å². The molecule has 0 aromatic heterocycles. The van der Waals surface area contributed by atoms with Gasteiger partial charge in [-0.25, -0.2) is 4.39 Å². The molecule has 1 aliphatic rings. The maximum Gasteiger partial charge on any atom is 0.323 e. The highest BCUT2D eigenvalue weighted by molar-refractivity contribution is 5.83. The van der Waals surface area contributed by atoms with E-state index in [1.807, 2.05) is 55.5 Å². The number of hydrogen-bond acceptors (Lipinski definition) is 3. The van der Waals surface area contributed by atoms with Crippen LogP contribution in [0.4, 0.5) is 4.39 Å². The molecule has 4 rings (SSSR count). The van der Waals surface area contributed by atoms with Crippen LogP contribution in [0.2, 0.25) is 0 Å². The molecule has 3 aromatic carbocycles. The van der Waals surface area contributed by atoms with E-state index in [0.717, 1.165) is 34.4 Å². The van der Waals surface area contributed by atoms with Crippen LogP contribution in [0.1, 0.15) is 35.6 Å². The minimum Gasteiger partial charge on any atom is -0.487 e. The van der Waals surface area contributed by atoms with E-state index in [1.54, 1.807) is 12.1 Å². The molecule has 3 aromatic rings. The maximum atomic E-state index is 13.2. The van der Waals surface area contributed by atoms with Crippen LogP contribution < -0.4 is 4.74 Å². The second kappa shape index (κ2) is 10.7. The number of carbonyl (C=O) groups is 2. The number of benzene rings is 3. The van der Waals surface area contributed by atoms with Gasteiger partial charge in [-0.05, 0) is 60.2 Å². The topological polar surface area (TPSA) is 66.8 Å². The van der Waals surface area contributed by atoms with Gasteiger partial charge < -0.3 is 14.7 Å². The smallest absolute Gasteiger partial charge is 0.323 e. The van der Waals surface area contributed by atoms with Crippen LogP contribution in [0.5, 0.6) is 5.75 Å². The normalized spacial score (nSPS) is 16.4. The third-order valence-corrected chi connectivity index (χ3v) is 6.31. The van der Waals surface area contributed by atoms with Gasteiger partial charge in [-0.15, -0.1) is 0 Å². The predicted octanol–water partition coefficient (Wildman–Crippen LogP) is 4.85. The van der Waals surface area contributed by atoms with E-state index in [9.17, 15) is 19.1 Å². The van der Waals surface area contributed by atoms with Gasteiger partial charge in [-0.1, -0.05) is 54.6 Å². The van der Waals surface area contributed by atoms with E-state index in [4.69, 9.17) is 4.74 Å². The van der Waals surface area contributed by atoms with Gasteiger partial charge in [0, 0.05) is 19.4 Å². The van der Waals surface area contributed by atoms with Crippen LogP contribution in [0, 0.1) is 5.82 Å². The lowest BCUT2D eigenvalue weighted by Gasteiger charge is -2.24. The third-order valence-electron chi connectivity index (χ3n) is 6.31. The summed E-state index contributed by atoms with van der Waals surface area (Å²) >= 11 is 0. The van der Waals surface area contributed by atoms with Gasteiger partial charge in [-0.2, -0.15) is 0 Å². The highest BCUT2D eigenvalue weighted by Crippen LogP contribution is 2.37. The Hall–Kier alpha value is -3.67. The standard InChI is InChI=1S/C29H30FNO4/c1-29(18-22-9-12-25(30)13-10-22)19-24-16-23(11-14-26(24)35-29)17-27(32)31(20-28(33)34)15-5-8-21-6-3-2-4-7-21/h2-4,6-7,9-14,16H,5,8,15,17-20H2,1H3,(H,33,34)/t29-/m1/s1. The Labute approximate surface area is 205 Å². The summed E-state index contributed by atoms with van der Waals surface area (Å²) in [5.74, 6) is -0.692. The number of halogens is 1. The molecule has 0 saturated carbocycles. The first kappa shape index (κ1) is 24.5. The predicted molar refractivity (Wildman–Crippen MR) is 132 cm³/mol. The Morgan fingerprint density at radius 1 is 1.00 bits per heavy atom.